The molecule has 4 bridgehead atoms. The van der Waals surface area contributed by atoms with Crippen LogP contribution in [0.25, 0.3) is 10.9 Å². The van der Waals surface area contributed by atoms with Crippen molar-refractivity contribution in [3.63, 3.8) is 0 Å². The van der Waals surface area contributed by atoms with E-state index in [-0.39, 0.29) is 48.8 Å². The summed E-state index contributed by atoms with van der Waals surface area (Å²) >= 11 is 0. The Bertz CT molecular complexity index is 3100. The van der Waals surface area contributed by atoms with E-state index in [1.807, 2.05) is 53.2 Å². The summed E-state index contributed by atoms with van der Waals surface area (Å²) in [7, 11) is 0. The number of carboxylic acids is 1. The first-order valence-electron chi connectivity index (χ1n) is 25.5. The number of carbonyl (C=O) groups excluding carboxylic acids is 1. The van der Waals surface area contributed by atoms with Crippen LogP contribution in [0, 0.1) is 22.7 Å². The van der Waals surface area contributed by atoms with Gasteiger partial charge < -0.3 is 89.9 Å². The van der Waals surface area contributed by atoms with Gasteiger partial charge in [0.1, 0.15) is 61.2 Å². The number of nitrogens with zero attached hydrogens (tertiary/aromatic N) is 1. The van der Waals surface area contributed by atoms with Crippen LogP contribution >= 0.6 is 0 Å². The molecule has 12 unspecified atom stereocenters. The molecule has 0 amide bonds. The lowest BCUT2D eigenvalue weighted by atomic mass is 9.60. The molecule has 1 saturated heterocycles. The summed E-state index contributed by atoms with van der Waals surface area (Å²) in [5, 5.41) is 81.2. The van der Waals surface area contributed by atoms with E-state index in [0.29, 0.717) is 58.7 Å². The topological polar surface area (TPSA) is 313 Å². The minimum absolute atomic E-state index is 0.0884. The number of rotatable bonds is 11. The van der Waals surface area contributed by atoms with Crippen LogP contribution in [0.1, 0.15) is 103 Å². The number of hydrogen-bond acceptors (Lipinski definition) is 17. The van der Waals surface area contributed by atoms with Gasteiger partial charge >= 0.3 is 11.9 Å². The summed E-state index contributed by atoms with van der Waals surface area (Å²) in [6.07, 6.45) is -5.76. The second-order valence-electron chi connectivity index (χ2n) is 21.4. The summed E-state index contributed by atoms with van der Waals surface area (Å²) in [5.41, 5.74) is 13.2. The molecular weight excluding hydrogens is 973 g/mol. The Labute approximate surface area is 430 Å². The summed E-state index contributed by atoms with van der Waals surface area (Å²) in [4.78, 5) is 27.7. The Morgan fingerprint density at radius 3 is 2.49 bits per heavy atom. The number of nitrogens with one attached hydrogen (secondary N) is 1. The van der Waals surface area contributed by atoms with Crippen LogP contribution in [-0.4, -0.2) is 125 Å². The highest BCUT2D eigenvalue weighted by Gasteiger charge is 2.71. The summed E-state index contributed by atoms with van der Waals surface area (Å²) in [6.45, 7) is -1.17. The number of aliphatic hydroxyl groups excluding tert-OH is 5. The molecule has 2 spiro atoms. The van der Waals surface area contributed by atoms with E-state index in [0.717, 1.165) is 42.1 Å². The average Bonchev–Trinajstić information content (AvgIpc) is 4.28. The van der Waals surface area contributed by atoms with Crippen molar-refractivity contribution >= 4 is 22.8 Å². The smallest absolute Gasteiger partial charge is 0.317 e. The van der Waals surface area contributed by atoms with Crippen molar-refractivity contribution in [3.05, 3.63) is 101 Å². The molecular formula is C55H60N4O16. The average molecular weight is 1030 g/mol. The van der Waals surface area contributed by atoms with Crippen molar-refractivity contribution < 1.29 is 78.5 Å². The van der Waals surface area contributed by atoms with Crippen LogP contribution in [0.15, 0.2) is 67.0 Å². The molecule has 7 heterocycles. The highest BCUT2D eigenvalue weighted by atomic mass is 16.7. The van der Waals surface area contributed by atoms with Crippen molar-refractivity contribution in [2.45, 2.75) is 144 Å². The van der Waals surface area contributed by atoms with Gasteiger partial charge in [-0.1, -0.05) is 61.1 Å². The number of carbonyl (C=O) groups is 2. The highest BCUT2D eigenvalue weighted by Crippen LogP contribution is 2.67. The zero-order valence-electron chi connectivity index (χ0n) is 40.8. The van der Waals surface area contributed by atoms with Gasteiger partial charge in [0.15, 0.2) is 30.0 Å². The van der Waals surface area contributed by atoms with E-state index in [4.69, 9.17) is 44.6 Å². The molecule has 3 aromatic carbocycles. The summed E-state index contributed by atoms with van der Waals surface area (Å²) in [5.74, 6) is 3.43. The number of H-pyrrole nitrogens is 1. The third kappa shape index (κ3) is 7.93. The lowest BCUT2D eigenvalue weighted by Crippen LogP contribution is -2.75. The van der Waals surface area contributed by atoms with Gasteiger partial charge in [-0.05, 0) is 67.2 Å². The van der Waals surface area contributed by atoms with Gasteiger partial charge in [-0.2, -0.15) is 0 Å². The molecule has 5 aliphatic heterocycles. The molecule has 20 nitrogen and oxygen atoms in total. The molecule has 396 valence electrons. The standard InChI is InChI=1S/C55H60N4O16/c56-51(57)49(73-39(65)19-38(63)64)48-43(66)50(67)55(68)52(75-48)72-36-18-37-40(33(22-59-21-28-12-17-58-42(28)34(59)23-60)32(36)20-54(55)16-15-53(25-54)13-4-5-14-53)47-41-31-10-11-35(70-26-61)46(45(31)74-47)69-24-29(62)8-9-30(44(41)71-37)27-6-2-1-3-7-27/h1-3,6-7,10-12,17-18,21,29-30,41,43-44,47-52,58,60-62,66-68H,4-5,13-16,19-20,22-26,56-57H2,(H,63,64). The van der Waals surface area contributed by atoms with E-state index in [1.54, 1.807) is 18.3 Å². The van der Waals surface area contributed by atoms with Gasteiger partial charge in [0.2, 0.25) is 12.0 Å². The van der Waals surface area contributed by atoms with Crippen molar-refractivity contribution in [2.24, 2.45) is 22.3 Å². The molecule has 3 fully saturated rings. The number of fused-ring (bicyclic) bond motifs is 6. The molecule has 2 aromatic heterocycles. The van der Waals surface area contributed by atoms with Crippen molar-refractivity contribution in [2.75, 3.05) is 13.4 Å². The second-order valence-corrected chi connectivity index (χ2v) is 21.4. The fourth-order valence-electron chi connectivity index (χ4n) is 13.9. The minimum atomic E-state index is -2.36. The van der Waals surface area contributed by atoms with Crippen molar-refractivity contribution in [3.8, 4) is 40.6 Å². The van der Waals surface area contributed by atoms with Crippen molar-refractivity contribution in [1.29, 1.82) is 0 Å². The van der Waals surface area contributed by atoms with Gasteiger partial charge in [0, 0.05) is 52.5 Å². The molecule has 20 heteroatoms. The third-order valence-corrected chi connectivity index (χ3v) is 17.3. The number of ether oxygens (including phenoxy) is 7. The Morgan fingerprint density at radius 1 is 0.947 bits per heavy atom. The molecule has 2 saturated carbocycles. The predicted molar refractivity (Wildman–Crippen MR) is 262 cm³/mol. The Hall–Kier alpha value is -6.38. The molecule has 12 N–H and O–H groups in total. The number of aliphatic hydroxyl groups is 6. The predicted octanol–water partition coefficient (Wildman–Crippen LogP) is 2.83. The SMILES string of the molecule is NC(N)C(OC(=O)CC(=O)O)C1OC2Oc3cc4c(c(Cn5cc6cc[nH]c6c5CO)c3CC3(CCC5(CCCC5)C3)C2(O)C(O)C1O)C1Oc2c3ccc(OCO)c2OCC(O)C#CC(c2ccccc2)C(O4)C31. The van der Waals surface area contributed by atoms with Crippen LogP contribution < -0.4 is 35.2 Å². The highest BCUT2D eigenvalue weighted by molar-refractivity contribution is 5.90. The van der Waals surface area contributed by atoms with E-state index >= 15 is 0 Å². The number of aliphatic carboxylic acids is 1. The van der Waals surface area contributed by atoms with Crippen LogP contribution in [0.3, 0.4) is 0 Å². The van der Waals surface area contributed by atoms with Crippen LogP contribution in [-0.2, 0) is 38.6 Å². The number of benzene rings is 3. The van der Waals surface area contributed by atoms with Gasteiger partial charge in [0.05, 0.1) is 35.8 Å². The molecule has 5 aromatic rings. The van der Waals surface area contributed by atoms with Gasteiger partial charge in [-0.25, -0.2) is 0 Å². The lowest BCUT2D eigenvalue weighted by Gasteiger charge is -2.55. The second kappa shape index (κ2) is 18.7. The fourth-order valence-corrected chi connectivity index (χ4v) is 13.9. The van der Waals surface area contributed by atoms with Gasteiger partial charge in [0.25, 0.3) is 0 Å². The molecule has 75 heavy (non-hydrogen) atoms. The first kappa shape index (κ1) is 49.5. The maximum absolute atomic E-state index is 13.7. The number of nitrogens with two attached hydrogens (primary N) is 2. The number of hydrogen-bond donors (Lipinski definition) is 10. The quantitative estimate of drug-likeness (QED) is 0.0394. The summed E-state index contributed by atoms with van der Waals surface area (Å²) < 4.78 is 47.7. The Kier molecular flexibility index (Phi) is 12.4. The number of esters is 1. The fraction of sp³-hybridized carbons (Fsp3) is 0.491. The zero-order valence-corrected chi connectivity index (χ0v) is 40.8. The van der Waals surface area contributed by atoms with Gasteiger partial charge in [-0.15, -0.1) is 0 Å². The van der Waals surface area contributed by atoms with Crippen LogP contribution in [0.5, 0.6) is 28.7 Å². The molecule has 12 atom stereocenters. The molecule has 12 rings (SSSR count). The normalized spacial score (nSPS) is 31.1. The van der Waals surface area contributed by atoms with Crippen LogP contribution in [0.2, 0.25) is 0 Å². The first-order chi connectivity index (χ1) is 36.2. The minimum Gasteiger partial charge on any atom is -0.487 e. The first-order valence-corrected chi connectivity index (χ1v) is 25.5. The molecule has 7 aliphatic rings. The van der Waals surface area contributed by atoms with E-state index < -0.39 is 103 Å². The van der Waals surface area contributed by atoms with Crippen molar-refractivity contribution in [1.82, 2.24) is 9.55 Å². The largest absolute Gasteiger partial charge is 0.487 e. The zero-order chi connectivity index (χ0) is 52.1. The molecule has 0 radical (unpaired) electrons. The van der Waals surface area contributed by atoms with E-state index in [9.17, 15) is 45.3 Å². The number of aromatic amines is 1. The Balaban J connectivity index is 1.09. The number of aromatic nitrogens is 2. The summed E-state index contributed by atoms with van der Waals surface area (Å²) in [6, 6.07) is 16.7. The maximum Gasteiger partial charge on any atom is 0.317 e. The van der Waals surface area contributed by atoms with Crippen LogP contribution in [0.4, 0.5) is 0 Å². The molecule has 2 aliphatic carbocycles. The monoisotopic (exact) mass is 1030 g/mol. The van der Waals surface area contributed by atoms with Gasteiger partial charge in [-0.3, -0.25) is 9.59 Å². The Morgan fingerprint density at radius 2 is 1.75 bits per heavy atom. The lowest BCUT2D eigenvalue weighted by molar-refractivity contribution is -0.356. The third-order valence-electron chi connectivity index (χ3n) is 17.3. The van der Waals surface area contributed by atoms with E-state index in [2.05, 4.69) is 16.8 Å². The number of carboxylic acid groups (broad SMARTS) is 1. The maximum atomic E-state index is 13.7. The van der Waals surface area contributed by atoms with E-state index in [1.165, 1.54) is 0 Å².